The zero-order valence-electron chi connectivity index (χ0n) is 9.10. The molecule has 1 aliphatic rings. The molecule has 0 spiro atoms. The van der Waals surface area contributed by atoms with E-state index in [2.05, 4.69) is 54.6 Å². The predicted octanol–water partition coefficient (Wildman–Crippen LogP) is 3.95. The lowest BCUT2D eigenvalue weighted by molar-refractivity contribution is 0.857. The van der Waals surface area contributed by atoms with Crippen molar-refractivity contribution < 1.29 is 0 Å². The summed E-state index contributed by atoms with van der Waals surface area (Å²) in [5.74, 6) is 0. The molecule has 0 saturated heterocycles. The SMILES string of the molecule is c1ccc(C[C@@H]2Cc3ccccc3S2)cc1. The monoisotopic (exact) mass is 226 g/mol. The third kappa shape index (κ3) is 2.00. The third-order valence-corrected chi connectivity index (χ3v) is 4.34. The Morgan fingerprint density at radius 1 is 0.938 bits per heavy atom. The van der Waals surface area contributed by atoms with Gasteiger partial charge in [-0.3, -0.25) is 0 Å². The zero-order valence-corrected chi connectivity index (χ0v) is 9.91. The summed E-state index contributed by atoms with van der Waals surface area (Å²) in [5, 5.41) is 0.722. The van der Waals surface area contributed by atoms with Gasteiger partial charge in [0.2, 0.25) is 0 Å². The standard InChI is InChI=1S/C15H14S/c1-2-6-12(7-3-1)10-14-11-13-8-4-5-9-15(13)16-14/h1-9,14H,10-11H2/t14-/m1/s1. The van der Waals surface area contributed by atoms with E-state index >= 15 is 0 Å². The Morgan fingerprint density at radius 3 is 2.50 bits per heavy atom. The highest BCUT2D eigenvalue weighted by Crippen LogP contribution is 2.38. The van der Waals surface area contributed by atoms with E-state index in [9.17, 15) is 0 Å². The highest BCUT2D eigenvalue weighted by atomic mass is 32.2. The van der Waals surface area contributed by atoms with Gasteiger partial charge in [0.05, 0.1) is 0 Å². The summed E-state index contributed by atoms with van der Waals surface area (Å²) in [6.45, 7) is 0. The van der Waals surface area contributed by atoms with Gasteiger partial charge in [-0.15, -0.1) is 11.8 Å². The van der Waals surface area contributed by atoms with Gasteiger partial charge in [0.25, 0.3) is 0 Å². The molecular formula is C15H14S. The highest BCUT2D eigenvalue weighted by Gasteiger charge is 2.21. The zero-order chi connectivity index (χ0) is 10.8. The molecule has 1 heterocycles. The van der Waals surface area contributed by atoms with E-state index in [1.54, 1.807) is 0 Å². The molecule has 1 heteroatoms. The van der Waals surface area contributed by atoms with Crippen molar-refractivity contribution in [3.8, 4) is 0 Å². The first-order valence-electron chi connectivity index (χ1n) is 5.70. The van der Waals surface area contributed by atoms with Crippen LogP contribution < -0.4 is 0 Å². The molecule has 0 unspecified atom stereocenters. The van der Waals surface area contributed by atoms with Crippen molar-refractivity contribution >= 4 is 11.8 Å². The Morgan fingerprint density at radius 2 is 1.69 bits per heavy atom. The van der Waals surface area contributed by atoms with Gasteiger partial charge in [-0.05, 0) is 30.0 Å². The Bertz CT molecular complexity index is 451. The first kappa shape index (κ1) is 9.98. The molecule has 0 N–H and O–H groups in total. The molecule has 0 radical (unpaired) electrons. The summed E-state index contributed by atoms with van der Waals surface area (Å²) < 4.78 is 0. The van der Waals surface area contributed by atoms with E-state index in [0.717, 1.165) is 5.25 Å². The molecule has 2 aromatic rings. The molecular weight excluding hydrogens is 212 g/mol. The normalized spacial score (nSPS) is 18.4. The fourth-order valence-corrected chi connectivity index (χ4v) is 3.60. The Labute approximate surface area is 101 Å². The van der Waals surface area contributed by atoms with E-state index < -0.39 is 0 Å². The van der Waals surface area contributed by atoms with Crippen molar-refractivity contribution in [1.29, 1.82) is 0 Å². The maximum absolute atomic E-state index is 2.26. The summed E-state index contributed by atoms with van der Waals surface area (Å²) >= 11 is 2.03. The Kier molecular flexibility index (Phi) is 2.71. The van der Waals surface area contributed by atoms with Crippen molar-refractivity contribution in [3.05, 3.63) is 65.7 Å². The molecule has 0 aromatic heterocycles. The Balaban J connectivity index is 1.73. The maximum Gasteiger partial charge on any atom is 0.0176 e. The molecule has 0 fully saturated rings. The molecule has 2 aromatic carbocycles. The van der Waals surface area contributed by atoms with Crippen LogP contribution >= 0.6 is 11.8 Å². The average molecular weight is 226 g/mol. The lowest BCUT2D eigenvalue weighted by Crippen LogP contribution is -2.04. The lowest BCUT2D eigenvalue weighted by Gasteiger charge is -2.07. The molecule has 1 atom stereocenters. The van der Waals surface area contributed by atoms with Crippen LogP contribution in [0.2, 0.25) is 0 Å². The summed E-state index contributed by atoms with van der Waals surface area (Å²) in [6, 6.07) is 19.6. The minimum absolute atomic E-state index is 0.722. The number of hydrogen-bond donors (Lipinski definition) is 0. The van der Waals surface area contributed by atoms with Crippen LogP contribution in [-0.2, 0) is 12.8 Å². The van der Waals surface area contributed by atoms with E-state index in [0.29, 0.717) is 0 Å². The number of rotatable bonds is 2. The number of hydrogen-bond acceptors (Lipinski definition) is 1. The van der Waals surface area contributed by atoms with E-state index in [4.69, 9.17) is 0 Å². The van der Waals surface area contributed by atoms with Gasteiger partial charge in [-0.1, -0.05) is 48.5 Å². The topological polar surface area (TPSA) is 0 Å². The summed E-state index contributed by atoms with van der Waals surface area (Å²) in [5.41, 5.74) is 2.97. The molecule has 0 nitrogen and oxygen atoms in total. The van der Waals surface area contributed by atoms with Gasteiger partial charge >= 0.3 is 0 Å². The van der Waals surface area contributed by atoms with Gasteiger partial charge in [0, 0.05) is 10.1 Å². The fourth-order valence-electron chi connectivity index (χ4n) is 2.24. The summed E-state index contributed by atoms with van der Waals surface area (Å²) in [7, 11) is 0. The van der Waals surface area contributed by atoms with E-state index in [1.807, 2.05) is 11.8 Å². The van der Waals surface area contributed by atoms with Gasteiger partial charge in [0.1, 0.15) is 0 Å². The third-order valence-electron chi connectivity index (χ3n) is 3.02. The lowest BCUT2D eigenvalue weighted by atomic mass is 10.0. The van der Waals surface area contributed by atoms with Crippen LogP contribution in [0.4, 0.5) is 0 Å². The molecule has 0 amide bonds. The molecule has 1 aliphatic heterocycles. The minimum Gasteiger partial charge on any atom is -0.122 e. The van der Waals surface area contributed by atoms with Gasteiger partial charge in [0.15, 0.2) is 0 Å². The maximum atomic E-state index is 2.26. The molecule has 0 aliphatic carbocycles. The minimum atomic E-state index is 0.722. The fraction of sp³-hybridized carbons (Fsp3) is 0.200. The van der Waals surface area contributed by atoms with Crippen LogP contribution in [0.1, 0.15) is 11.1 Å². The van der Waals surface area contributed by atoms with Crippen molar-refractivity contribution in [1.82, 2.24) is 0 Å². The number of benzene rings is 2. The van der Waals surface area contributed by atoms with Crippen LogP contribution in [0.3, 0.4) is 0 Å². The van der Waals surface area contributed by atoms with Gasteiger partial charge in [-0.2, -0.15) is 0 Å². The van der Waals surface area contributed by atoms with Crippen LogP contribution in [0.25, 0.3) is 0 Å². The predicted molar refractivity (Wildman–Crippen MR) is 69.9 cm³/mol. The average Bonchev–Trinajstić information content (AvgIpc) is 2.72. The summed E-state index contributed by atoms with van der Waals surface area (Å²) in [4.78, 5) is 1.48. The van der Waals surface area contributed by atoms with E-state index in [-0.39, 0.29) is 0 Å². The molecule has 0 saturated carbocycles. The van der Waals surface area contributed by atoms with Crippen molar-refractivity contribution in [3.63, 3.8) is 0 Å². The smallest absolute Gasteiger partial charge is 0.0176 e. The van der Waals surface area contributed by atoms with Crippen LogP contribution in [-0.4, -0.2) is 5.25 Å². The van der Waals surface area contributed by atoms with Crippen molar-refractivity contribution in [2.45, 2.75) is 23.0 Å². The molecule has 0 bridgehead atoms. The Hall–Kier alpha value is -1.21. The van der Waals surface area contributed by atoms with E-state index in [1.165, 1.54) is 28.9 Å². The summed E-state index contributed by atoms with van der Waals surface area (Å²) in [6.07, 6.45) is 2.40. The molecule has 16 heavy (non-hydrogen) atoms. The molecule has 3 rings (SSSR count). The second kappa shape index (κ2) is 4.34. The van der Waals surface area contributed by atoms with Crippen molar-refractivity contribution in [2.75, 3.05) is 0 Å². The van der Waals surface area contributed by atoms with Crippen LogP contribution in [0.5, 0.6) is 0 Å². The van der Waals surface area contributed by atoms with Gasteiger partial charge in [-0.25, -0.2) is 0 Å². The quantitative estimate of drug-likeness (QED) is 0.747. The first-order valence-corrected chi connectivity index (χ1v) is 6.58. The van der Waals surface area contributed by atoms with Crippen molar-refractivity contribution in [2.24, 2.45) is 0 Å². The largest absolute Gasteiger partial charge is 0.122 e. The van der Waals surface area contributed by atoms with Gasteiger partial charge < -0.3 is 0 Å². The second-order valence-corrected chi connectivity index (χ2v) is 5.58. The molecule has 80 valence electrons. The second-order valence-electron chi connectivity index (χ2n) is 4.24. The van der Waals surface area contributed by atoms with Crippen LogP contribution in [0, 0.1) is 0 Å². The highest BCUT2D eigenvalue weighted by molar-refractivity contribution is 8.00. The number of fused-ring (bicyclic) bond motifs is 1. The first-order chi connectivity index (χ1) is 7.92. The van der Waals surface area contributed by atoms with Crippen LogP contribution in [0.15, 0.2) is 59.5 Å². The number of thioether (sulfide) groups is 1.